The van der Waals surface area contributed by atoms with Gasteiger partial charge in [-0.25, -0.2) is 0 Å². The van der Waals surface area contributed by atoms with E-state index in [2.05, 4.69) is 39.0 Å². The maximum atomic E-state index is 5.90. The van der Waals surface area contributed by atoms with E-state index < -0.39 is 0 Å². The highest BCUT2D eigenvalue weighted by Gasteiger charge is 2.22. The molecule has 1 unspecified atom stereocenters. The maximum absolute atomic E-state index is 5.90. The molecule has 0 aliphatic rings. The van der Waals surface area contributed by atoms with Crippen molar-refractivity contribution in [2.75, 3.05) is 0 Å². The Morgan fingerprint density at radius 1 is 1.24 bits per heavy atom. The average molecular weight is 235 g/mol. The van der Waals surface area contributed by atoms with Crippen molar-refractivity contribution in [3.05, 3.63) is 29.8 Å². The topological polar surface area (TPSA) is 35.2 Å². The van der Waals surface area contributed by atoms with Gasteiger partial charge in [0.2, 0.25) is 0 Å². The van der Waals surface area contributed by atoms with Gasteiger partial charge >= 0.3 is 0 Å². The molecule has 0 fully saturated rings. The quantitative estimate of drug-likeness (QED) is 0.848. The molecule has 1 atom stereocenters. The van der Waals surface area contributed by atoms with Gasteiger partial charge in [0, 0.05) is 6.04 Å². The van der Waals surface area contributed by atoms with Crippen molar-refractivity contribution in [2.45, 2.75) is 58.6 Å². The smallest absolute Gasteiger partial charge is 0.119 e. The molecule has 0 amide bonds. The van der Waals surface area contributed by atoms with Gasteiger partial charge in [0.25, 0.3) is 0 Å². The Morgan fingerprint density at radius 2 is 1.88 bits per heavy atom. The Morgan fingerprint density at radius 3 is 2.41 bits per heavy atom. The molecule has 2 N–H and O–H groups in total. The number of nitrogens with two attached hydrogens (primary N) is 1. The summed E-state index contributed by atoms with van der Waals surface area (Å²) in [4.78, 5) is 0. The molecule has 17 heavy (non-hydrogen) atoms. The van der Waals surface area contributed by atoms with Gasteiger partial charge in [-0.15, -0.1) is 0 Å². The molecular formula is C15H25NO. The molecule has 0 aliphatic heterocycles. The first-order chi connectivity index (χ1) is 7.81. The third kappa shape index (κ3) is 4.39. The van der Waals surface area contributed by atoms with E-state index in [9.17, 15) is 0 Å². The fourth-order valence-electron chi connectivity index (χ4n) is 2.19. The van der Waals surface area contributed by atoms with Gasteiger partial charge in [0.05, 0.1) is 6.10 Å². The van der Waals surface area contributed by atoms with E-state index in [1.807, 2.05) is 19.9 Å². The number of hydrogen-bond acceptors (Lipinski definition) is 2. The third-order valence-corrected chi connectivity index (χ3v) is 2.82. The van der Waals surface area contributed by atoms with Crippen molar-refractivity contribution in [3.63, 3.8) is 0 Å². The van der Waals surface area contributed by atoms with Crippen LogP contribution < -0.4 is 10.5 Å². The predicted octanol–water partition coefficient (Wildman–Crippen LogP) is 3.49. The molecule has 1 aromatic carbocycles. The highest BCUT2D eigenvalue weighted by atomic mass is 16.5. The largest absolute Gasteiger partial charge is 0.491 e. The summed E-state index contributed by atoms with van der Waals surface area (Å²) < 4.78 is 5.72. The van der Waals surface area contributed by atoms with E-state index in [0.29, 0.717) is 0 Å². The maximum Gasteiger partial charge on any atom is 0.119 e. The van der Waals surface area contributed by atoms with Crippen LogP contribution in [-0.2, 0) is 5.41 Å². The first kappa shape index (κ1) is 14.0. The van der Waals surface area contributed by atoms with Crippen LogP contribution in [0.25, 0.3) is 0 Å². The van der Waals surface area contributed by atoms with Crippen molar-refractivity contribution in [1.82, 2.24) is 0 Å². The molecule has 0 radical (unpaired) electrons. The first-order valence-corrected chi connectivity index (χ1v) is 6.34. The monoisotopic (exact) mass is 235 g/mol. The molecule has 0 aromatic heterocycles. The summed E-state index contributed by atoms with van der Waals surface area (Å²) in [5.41, 5.74) is 7.28. The van der Waals surface area contributed by atoms with Crippen LogP contribution in [0.3, 0.4) is 0 Å². The zero-order chi connectivity index (χ0) is 13.1. The summed E-state index contributed by atoms with van der Waals surface area (Å²) in [5, 5.41) is 0. The zero-order valence-electron chi connectivity index (χ0n) is 11.7. The standard InChI is InChI=1S/C15H25NO/c1-11(2)17-14-8-6-7-13(9-14)15(4,5)10-12(3)16/h6-9,11-12H,10,16H2,1-5H3. The van der Waals surface area contributed by atoms with E-state index >= 15 is 0 Å². The average Bonchev–Trinajstić information content (AvgIpc) is 2.15. The van der Waals surface area contributed by atoms with Gasteiger partial charge in [-0.3, -0.25) is 0 Å². The third-order valence-electron chi connectivity index (χ3n) is 2.82. The van der Waals surface area contributed by atoms with Crippen LogP contribution in [-0.4, -0.2) is 12.1 Å². The second-order valence-corrected chi connectivity index (χ2v) is 5.76. The lowest BCUT2D eigenvalue weighted by Crippen LogP contribution is -2.28. The fourth-order valence-corrected chi connectivity index (χ4v) is 2.19. The lowest BCUT2D eigenvalue weighted by atomic mass is 9.79. The molecule has 2 heteroatoms. The van der Waals surface area contributed by atoms with E-state index in [1.165, 1.54) is 5.56 Å². The minimum Gasteiger partial charge on any atom is -0.491 e. The summed E-state index contributed by atoms with van der Waals surface area (Å²) in [6.45, 7) is 10.6. The van der Waals surface area contributed by atoms with Crippen molar-refractivity contribution in [1.29, 1.82) is 0 Å². The summed E-state index contributed by atoms with van der Waals surface area (Å²) in [6.07, 6.45) is 1.18. The van der Waals surface area contributed by atoms with Crippen molar-refractivity contribution >= 4 is 0 Å². The predicted molar refractivity (Wildman–Crippen MR) is 73.5 cm³/mol. The molecule has 0 heterocycles. The molecule has 0 saturated carbocycles. The number of rotatable bonds is 5. The van der Waals surface area contributed by atoms with Crippen LogP contribution in [0.1, 0.15) is 46.6 Å². The SMILES string of the molecule is CC(N)CC(C)(C)c1cccc(OC(C)C)c1. The minimum atomic E-state index is 0.0878. The molecule has 0 spiro atoms. The Balaban J connectivity index is 2.90. The van der Waals surface area contributed by atoms with Gasteiger partial charge in [-0.1, -0.05) is 26.0 Å². The molecule has 1 aromatic rings. The van der Waals surface area contributed by atoms with Gasteiger partial charge in [0.1, 0.15) is 5.75 Å². The summed E-state index contributed by atoms with van der Waals surface area (Å²) >= 11 is 0. The molecule has 2 nitrogen and oxygen atoms in total. The van der Waals surface area contributed by atoms with E-state index in [0.717, 1.165) is 12.2 Å². The molecular weight excluding hydrogens is 210 g/mol. The molecule has 96 valence electrons. The van der Waals surface area contributed by atoms with Crippen LogP contribution in [0.5, 0.6) is 5.75 Å². The molecule has 0 bridgehead atoms. The van der Waals surface area contributed by atoms with Gasteiger partial charge in [-0.05, 0) is 50.3 Å². The van der Waals surface area contributed by atoms with Crippen LogP contribution >= 0.6 is 0 Å². The number of hydrogen-bond donors (Lipinski definition) is 1. The van der Waals surface area contributed by atoms with Gasteiger partial charge in [0.15, 0.2) is 0 Å². The molecule has 1 rings (SSSR count). The van der Waals surface area contributed by atoms with Gasteiger partial charge in [-0.2, -0.15) is 0 Å². The Bertz CT molecular complexity index is 356. The Hall–Kier alpha value is -1.02. The summed E-state index contributed by atoms with van der Waals surface area (Å²) in [5.74, 6) is 0.940. The van der Waals surface area contributed by atoms with E-state index in [1.54, 1.807) is 0 Å². The van der Waals surface area contributed by atoms with E-state index in [-0.39, 0.29) is 17.6 Å². The molecule has 0 saturated heterocycles. The second kappa shape index (κ2) is 5.54. The zero-order valence-corrected chi connectivity index (χ0v) is 11.7. The van der Waals surface area contributed by atoms with Gasteiger partial charge < -0.3 is 10.5 Å². The normalized spacial score (nSPS) is 13.8. The second-order valence-electron chi connectivity index (χ2n) is 5.76. The summed E-state index contributed by atoms with van der Waals surface area (Å²) in [7, 11) is 0. The Kier molecular flexibility index (Phi) is 4.58. The highest BCUT2D eigenvalue weighted by molar-refractivity contribution is 5.33. The van der Waals surface area contributed by atoms with Crippen molar-refractivity contribution in [2.24, 2.45) is 5.73 Å². The van der Waals surface area contributed by atoms with Crippen LogP contribution in [0.4, 0.5) is 0 Å². The lowest BCUT2D eigenvalue weighted by molar-refractivity contribution is 0.241. The van der Waals surface area contributed by atoms with E-state index in [4.69, 9.17) is 10.5 Å². The van der Waals surface area contributed by atoms with Crippen LogP contribution in [0.2, 0.25) is 0 Å². The van der Waals surface area contributed by atoms with Crippen LogP contribution in [0.15, 0.2) is 24.3 Å². The van der Waals surface area contributed by atoms with Crippen molar-refractivity contribution in [3.8, 4) is 5.75 Å². The molecule has 0 aliphatic carbocycles. The minimum absolute atomic E-state index is 0.0878. The number of benzene rings is 1. The fraction of sp³-hybridized carbons (Fsp3) is 0.600. The Labute approximate surface area is 105 Å². The summed E-state index contributed by atoms with van der Waals surface area (Å²) in [6, 6.07) is 8.54. The van der Waals surface area contributed by atoms with Crippen LogP contribution in [0, 0.1) is 0 Å². The lowest BCUT2D eigenvalue weighted by Gasteiger charge is -2.27. The first-order valence-electron chi connectivity index (χ1n) is 6.34. The highest BCUT2D eigenvalue weighted by Crippen LogP contribution is 2.30. The van der Waals surface area contributed by atoms with Crippen molar-refractivity contribution < 1.29 is 4.74 Å². The number of ether oxygens (including phenoxy) is 1.